The molecule has 1 N–H and O–H groups in total. The van der Waals surface area contributed by atoms with Crippen LogP contribution in [0.1, 0.15) is 19.3 Å². The monoisotopic (exact) mass is 246 g/mol. The minimum Gasteiger partial charge on any atom is -0.385 e. The lowest BCUT2D eigenvalue weighted by atomic mass is 9.85. The van der Waals surface area contributed by atoms with Gasteiger partial charge in [-0.3, -0.25) is 0 Å². The largest absolute Gasteiger partial charge is 0.385 e. The van der Waals surface area contributed by atoms with E-state index in [9.17, 15) is 4.39 Å². The Morgan fingerprint density at radius 3 is 2.89 bits per heavy atom. The van der Waals surface area contributed by atoms with Crippen LogP contribution in [0.3, 0.4) is 0 Å². The summed E-state index contributed by atoms with van der Waals surface area (Å²) >= 11 is 0. The van der Waals surface area contributed by atoms with Crippen molar-refractivity contribution in [1.82, 2.24) is 14.8 Å². The van der Waals surface area contributed by atoms with Gasteiger partial charge in [0.2, 0.25) is 0 Å². The van der Waals surface area contributed by atoms with Crippen LogP contribution < -0.4 is 5.32 Å². The molecule has 1 aliphatic rings. The Morgan fingerprint density at radius 1 is 1.39 bits per heavy atom. The maximum Gasteiger partial charge on any atom is 0.150 e. The summed E-state index contributed by atoms with van der Waals surface area (Å²) in [5.41, 5.74) is 1.24. The molecule has 0 unspecified atom stereocenters. The first kappa shape index (κ1) is 11.2. The van der Waals surface area contributed by atoms with Crippen molar-refractivity contribution in [3.63, 3.8) is 0 Å². The summed E-state index contributed by atoms with van der Waals surface area (Å²) in [5.74, 6) is 0.460. The van der Waals surface area contributed by atoms with Crippen LogP contribution in [0.5, 0.6) is 0 Å². The molecule has 0 atom stereocenters. The van der Waals surface area contributed by atoms with E-state index in [0.29, 0.717) is 5.69 Å². The highest BCUT2D eigenvalue weighted by Crippen LogP contribution is 2.26. The van der Waals surface area contributed by atoms with Gasteiger partial charge in [0.05, 0.1) is 0 Å². The SMILES string of the molecule is Fc1cc(NCC2CCC2)ccc1-n1cncn1. The van der Waals surface area contributed by atoms with E-state index < -0.39 is 0 Å². The fourth-order valence-electron chi connectivity index (χ4n) is 2.09. The van der Waals surface area contributed by atoms with E-state index in [0.717, 1.165) is 18.2 Å². The van der Waals surface area contributed by atoms with Crippen LogP contribution in [-0.4, -0.2) is 21.3 Å². The van der Waals surface area contributed by atoms with Gasteiger partial charge in [0.15, 0.2) is 5.82 Å². The summed E-state index contributed by atoms with van der Waals surface area (Å²) in [6, 6.07) is 5.10. The second-order valence-corrected chi connectivity index (χ2v) is 4.68. The molecule has 18 heavy (non-hydrogen) atoms. The third kappa shape index (κ3) is 2.20. The average Bonchev–Trinajstić information content (AvgIpc) is 2.80. The van der Waals surface area contributed by atoms with E-state index in [4.69, 9.17) is 0 Å². The Morgan fingerprint density at radius 2 is 2.28 bits per heavy atom. The molecule has 1 aliphatic carbocycles. The lowest BCUT2D eigenvalue weighted by molar-refractivity contribution is 0.333. The lowest BCUT2D eigenvalue weighted by Gasteiger charge is -2.25. The molecule has 0 saturated heterocycles. The van der Waals surface area contributed by atoms with Crippen molar-refractivity contribution >= 4 is 5.69 Å². The summed E-state index contributed by atoms with van der Waals surface area (Å²) in [7, 11) is 0. The molecular weight excluding hydrogens is 231 g/mol. The van der Waals surface area contributed by atoms with Gasteiger partial charge in [0, 0.05) is 12.2 Å². The average molecular weight is 246 g/mol. The third-order valence-corrected chi connectivity index (χ3v) is 3.43. The molecule has 2 aromatic rings. The van der Waals surface area contributed by atoms with Gasteiger partial charge in [-0.2, -0.15) is 5.10 Å². The first-order valence-electron chi connectivity index (χ1n) is 6.21. The Balaban J connectivity index is 1.72. The highest BCUT2D eigenvalue weighted by atomic mass is 19.1. The van der Waals surface area contributed by atoms with Crippen molar-refractivity contribution in [3.8, 4) is 5.69 Å². The van der Waals surface area contributed by atoms with Gasteiger partial charge in [-0.1, -0.05) is 6.42 Å². The van der Waals surface area contributed by atoms with E-state index >= 15 is 0 Å². The molecule has 1 fully saturated rings. The molecule has 1 heterocycles. The van der Waals surface area contributed by atoms with Crippen LogP contribution in [0.2, 0.25) is 0 Å². The number of anilines is 1. The van der Waals surface area contributed by atoms with Crippen LogP contribution in [0.25, 0.3) is 5.69 Å². The lowest BCUT2D eigenvalue weighted by Crippen LogP contribution is -2.20. The van der Waals surface area contributed by atoms with Crippen molar-refractivity contribution in [1.29, 1.82) is 0 Å². The zero-order valence-corrected chi connectivity index (χ0v) is 10.0. The molecule has 1 aromatic heterocycles. The summed E-state index contributed by atoms with van der Waals surface area (Å²) in [6.45, 7) is 0.933. The quantitative estimate of drug-likeness (QED) is 0.901. The Labute approximate surface area is 105 Å². The normalized spacial score (nSPS) is 15.4. The van der Waals surface area contributed by atoms with Crippen molar-refractivity contribution in [2.24, 2.45) is 5.92 Å². The summed E-state index contributed by atoms with van der Waals surface area (Å²) in [4.78, 5) is 3.81. The van der Waals surface area contributed by atoms with Gasteiger partial charge < -0.3 is 5.32 Å². The third-order valence-electron chi connectivity index (χ3n) is 3.43. The van der Waals surface area contributed by atoms with Gasteiger partial charge in [0.25, 0.3) is 0 Å². The molecule has 1 saturated carbocycles. The van der Waals surface area contributed by atoms with Gasteiger partial charge >= 0.3 is 0 Å². The molecule has 0 amide bonds. The van der Waals surface area contributed by atoms with Crippen LogP contribution in [0.15, 0.2) is 30.9 Å². The number of rotatable bonds is 4. The zero-order chi connectivity index (χ0) is 12.4. The Hall–Kier alpha value is -1.91. The molecule has 0 aliphatic heterocycles. The fourth-order valence-corrected chi connectivity index (χ4v) is 2.09. The number of nitrogens with one attached hydrogen (secondary N) is 1. The second-order valence-electron chi connectivity index (χ2n) is 4.68. The smallest absolute Gasteiger partial charge is 0.150 e. The van der Waals surface area contributed by atoms with Gasteiger partial charge in [-0.15, -0.1) is 0 Å². The van der Waals surface area contributed by atoms with Crippen molar-refractivity contribution in [2.75, 3.05) is 11.9 Å². The van der Waals surface area contributed by atoms with E-state index in [1.807, 2.05) is 6.07 Å². The van der Waals surface area contributed by atoms with E-state index in [1.54, 1.807) is 6.07 Å². The van der Waals surface area contributed by atoms with E-state index in [2.05, 4.69) is 15.4 Å². The number of benzene rings is 1. The fraction of sp³-hybridized carbons (Fsp3) is 0.385. The predicted octanol–water partition coefficient (Wildman–Crippen LogP) is 2.62. The molecule has 0 radical (unpaired) electrons. The number of hydrogen-bond donors (Lipinski definition) is 1. The van der Waals surface area contributed by atoms with Gasteiger partial charge in [-0.05, 0) is 37.0 Å². The summed E-state index contributed by atoms with van der Waals surface area (Å²) in [5, 5.41) is 7.19. The predicted molar refractivity (Wildman–Crippen MR) is 67.1 cm³/mol. The Kier molecular flexibility index (Phi) is 2.96. The first-order chi connectivity index (χ1) is 8.83. The molecule has 1 aromatic carbocycles. The number of nitrogens with zero attached hydrogens (tertiary/aromatic N) is 3. The maximum absolute atomic E-state index is 13.9. The molecule has 0 spiro atoms. The highest BCUT2D eigenvalue weighted by molar-refractivity contribution is 5.49. The standard InChI is InChI=1S/C13H15FN4/c14-12-6-11(16-7-10-2-1-3-10)4-5-13(12)18-9-15-8-17-18/h4-6,8-10,16H,1-3,7H2. The number of aromatic nitrogens is 3. The molecular formula is C13H15FN4. The van der Waals surface area contributed by atoms with Crippen LogP contribution in [0, 0.1) is 11.7 Å². The highest BCUT2D eigenvalue weighted by Gasteiger charge is 2.16. The Bertz CT molecular complexity index is 520. The first-order valence-corrected chi connectivity index (χ1v) is 6.21. The maximum atomic E-state index is 13.9. The second kappa shape index (κ2) is 4.76. The molecule has 5 heteroatoms. The van der Waals surface area contributed by atoms with Gasteiger partial charge in [0.1, 0.15) is 18.3 Å². The molecule has 94 valence electrons. The van der Waals surface area contributed by atoms with Crippen molar-refractivity contribution in [3.05, 3.63) is 36.7 Å². The summed E-state index contributed by atoms with van der Waals surface area (Å²) in [6.07, 6.45) is 6.77. The number of hydrogen-bond acceptors (Lipinski definition) is 3. The molecule has 4 nitrogen and oxygen atoms in total. The summed E-state index contributed by atoms with van der Waals surface area (Å²) < 4.78 is 15.3. The minimum atomic E-state index is -0.292. The number of halogens is 1. The zero-order valence-electron chi connectivity index (χ0n) is 10.0. The van der Waals surface area contributed by atoms with Crippen LogP contribution in [-0.2, 0) is 0 Å². The van der Waals surface area contributed by atoms with Crippen LogP contribution >= 0.6 is 0 Å². The van der Waals surface area contributed by atoms with Gasteiger partial charge in [-0.25, -0.2) is 14.1 Å². The van der Waals surface area contributed by atoms with Crippen molar-refractivity contribution in [2.45, 2.75) is 19.3 Å². The molecule has 0 bridgehead atoms. The van der Waals surface area contributed by atoms with Crippen molar-refractivity contribution < 1.29 is 4.39 Å². The van der Waals surface area contributed by atoms with E-state index in [1.165, 1.54) is 42.7 Å². The minimum absolute atomic E-state index is 0.292. The molecule has 3 rings (SSSR count). The topological polar surface area (TPSA) is 42.7 Å². The van der Waals surface area contributed by atoms with Crippen LogP contribution in [0.4, 0.5) is 10.1 Å². The van der Waals surface area contributed by atoms with E-state index in [-0.39, 0.29) is 5.82 Å².